The number of aliphatic carboxylic acids is 1. The number of H-pyrrole nitrogens is 1. The maximum absolute atomic E-state index is 12.9. The molecule has 3 unspecified atom stereocenters. The van der Waals surface area contributed by atoms with Gasteiger partial charge in [0, 0.05) is 23.5 Å². The Hall–Kier alpha value is -4.22. The summed E-state index contributed by atoms with van der Waals surface area (Å²) in [5, 5.41) is 26.1. The van der Waals surface area contributed by atoms with Crippen LogP contribution in [0, 0.1) is 0 Å². The van der Waals surface area contributed by atoms with Crippen molar-refractivity contribution in [3.8, 4) is 0 Å². The van der Waals surface area contributed by atoms with Gasteiger partial charge < -0.3 is 36.9 Å². The van der Waals surface area contributed by atoms with Gasteiger partial charge in [-0.15, -0.1) is 0 Å². The molecular formula is C25H29N5O6. The summed E-state index contributed by atoms with van der Waals surface area (Å²) in [7, 11) is 0. The Bertz CT molecular complexity index is 1210. The van der Waals surface area contributed by atoms with Gasteiger partial charge in [-0.2, -0.15) is 0 Å². The number of aromatic amines is 1. The highest BCUT2D eigenvalue weighted by Crippen LogP contribution is 2.18. The fraction of sp³-hybridized carbons (Fsp3) is 0.280. The molecule has 0 bridgehead atoms. The zero-order valence-electron chi connectivity index (χ0n) is 19.4. The summed E-state index contributed by atoms with van der Waals surface area (Å²) in [5.74, 6) is -3.38. The van der Waals surface area contributed by atoms with Gasteiger partial charge in [-0.25, -0.2) is 4.79 Å². The van der Waals surface area contributed by atoms with Crippen molar-refractivity contribution < 1.29 is 29.4 Å². The predicted molar refractivity (Wildman–Crippen MR) is 132 cm³/mol. The molecule has 3 atom stereocenters. The van der Waals surface area contributed by atoms with Crippen molar-refractivity contribution in [2.24, 2.45) is 5.73 Å². The summed E-state index contributed by atoms with van der Waals surface area (Å²) in [6.07, 6.45) is 2.19. The molecule has 1 aromatic heterocycles. The molecule has 0 aliphatic rings. The number of carbonyl (C=O) groups excluding carboxylic acids is 3. The molecule has 0 aliphatic carbocycles. The Labute approximate surface area is 207 Å². The quantitative estimate of drug-likeness (QED) is 0.175. The molecule has 0 aliphatic heterocycles. The number of benzene rings is 2. The number of carboxylic acid groups (broad SMARTS) is 1. The van der Waals surface area contributed by atoms with Crippen molar-refractivity contribution in [2.45, 2.75) is 31.0 Å². The third-order valence-electron chi connectivity index (χ3n) is 5.61. The number of aliphatic hydroxyl groups excluding tert-OH is 1. The number of nitrogens with one attached hydrogen (secondary N) is 4. The standard InChI is InChI=1S/C25H29N5O6/c26-18(11-16-12-27-19-9-5-4-8-17(16)19)23(33)30-20(10-15-6-2-1-3-7-15)24(34)28-13-22(32)29-21(14-31)25(35)36/h1-9,12,18,20-21,27,31H,10-11,13-14,26H2,(H,28,34)(H,29,32)(H,30,33)(H,35,36). The van der Waals surface area contributed by atoms with Gasteiger partial charge >= 0.3 is 5.97 Å². The Morgan fingerprint density at radius 2 is 1.58 bits per heavy atom. The van der Waals surface area contributed by atoms with Crippen LogP contribution >= 0.6 is 0 Å². The number of hydrogen-bond acceptors (Lipinski definition) is 6. The molecule has 0 saturated heterocycles. The molecule has 0 fully saturated rings. The van der Waals surface area contributed by atoms with Gasteiger partial charge in [-0.1, -0.05) is 48.5 Å². The topological polar surface area (TPSA) is 187 Å². The van der Waals surface area contributed by atoms with Crippen molar-refractivity contribution in [2.75, 3.05) is 13.2 Å². The number of amides is 3. The lowest BCUT2D eigenvalue weighted by atomic mass is 10.0. The van der Waals surface area contributed by atoms with Gasteiger partial charge in [0.05, 0.1) is 19.2 Å². The van der Waals surface area contributed by atoms with E-state index in [1.165, 1.54) is 0 Å². The van der Waals surface area contributed by atoms with Gasteiger partial charge in [0.25, 0.3) is 0 Å². The van der Waals surface area contributed by atoms with E-state index in [0.717, 1.165) is 22.0 Å². The molecule has 190 valence electrons. The van der Waals surface area contributed by atoms with Crippen LogP contribution in [0.4, 0.5) is 0 Å². The zero-order valence-corrected chi connectivity index (χ0v) is 19.4. The first-order valence-electron chi connectivity index (χ1n) is 11.3. The maximum Gasteiger partial charge on any atom is 0.328 e. The van der Waals surface area contributed by atoms with Crippen LogP contribution in [0.25, 0.3) is 10.9 Å². The Morgan fingerprint density at radius 3 is 2.28 bits per heavy atom. The van der Waals surface area contributed by atoms with E-state index in [4.69, 9.17) is 15.9 Å². The van der Waals surface area contributed by atoms with Crippen LogP contribution in [0.3, 0.4) is 0 Å². The van der Waals surface area contributed by atoms with Crippen molar-refractivity contribution in [1.82, 2.24) is 20.9 Å². The lowest BCUT2D eigenvalue weighted by Gasteiger charge is -2.21. The molecule has 3 amide bonds. The Kier molecular flexibility index (Phi) is 9.14. The summed E-state index contributed by atoms with van der Waals surface area (Å²) < 4.78 is 0. The number of rotatable bonds is 12. The lowest BCUT2D eigenvalue weighted by Crippen LogP contribution is -2.54. The summed E-state index contributed by atoms with van der Waals surface area (Å²) in [4.78, 5) is 51.9. The van der Waals surface area contributed by atoms with E-state index in [0.29, 0.717) is 0 Å². The van der Waals surface area contributed by atoms with E-state index in [1.807, 2.05) is 30.3 Å². The molecular weight excluding hydrogens is 466 g/mol. The van der Waals surface area contributed by atoms with Gasteiger partial charge in [0.2, 0.25) is 17.7 Å². The molecule has 0 radical (unpaired) electrons. The van der Waals surface area contributed by atoms with Gasteiger partial charge in [-0.05, 0) is 23.6 Å². The number of carboxylic acids is 1. The van der Waals surface area contributed by atoms with Crippen LogP contribution < -0.4 is 21.7 Å². The summed E-state index contributed by atoms with van der Waals surface area (Å²) >= 11 is 0. The van der Waals surface area contributed by atoms with E-state index < -0.39 is 55.0 Å². The number of nitrogens with two attached hydrogens (primary N) is 1. The Balaban J connectivity index is 1.65. The molecule has 11 nitrogen and oxygen atoms in total. The average molecular weight is 496 g/mol. The maximum atomic E-state index is 12.9. The lowest BCUT2D eigenvalue weighted by molar-refractivity contribution is -0.142. The number of fused-ring (bicyclic) bond motifs is 1. The van der Waals surface area contributed by atoms with E-state index in [9.17, 15) is 19.2 Å². The van der Waals surface area contributed by atoms with Crippen molar-refractivity contribution in [3.63, 3.8) is 0 Å². The smallest absolute Gasteiger partial charge is 0.328 e. The average Bonchev–Trinajstić information content (AvgIpc) is 3.28. The van der Waals surface area contributed by atoms with Crippen molar-refractivity contribution in [1.29, 1.82) is 0 Å². The fourth-order valence-electron chi connectivity index (χ4n) is 3.69. The first-order chi connectivity index (χ1) is 17.3. The summed E-state index contributed by atoms with van der Waals surface area (Å²) in [5.41, 5.74) is 8.73. The minimum Gasteiger partial charge on any atom is -0.480 e. The zero-order chi connectivity index (χ0) is 26.1. The molecule has 3 aromatic rings. The highest BCUT2D eigenvalue weighted by atomic mass is 16.4. The second-order valence-electron chi connectivity index (χ2n) is 8.28. The van der Waals surface area contributed by atoms with E-state index >= 15 is 0 Å². The third kappa shape index (κ3) is 7.14. The summed E-state index contributed by atoms with van der Waals surface area (Å²) in [6.45, 7) is -1.33. The van der Waals surface area contributed by atoms with Crippen LogP contribution in [-0.4, -0.2) is 70.2 Å². The molecule has 36 heavy (non-hydrogen) atoms. The number of hydrogen-bond donors (Lipinski definition) is 7. The monoisotopic (exact) mass is 495 g/mol. The van der Waals surface area contributed by atoms with Crippen molar-refractivity contribution >= 4 is 34.6 Å². The second-order valence-corrected chi connectivity index (χ2v) is 8.28. The van der Waals surface area contributed by atoms with Crippen molar-refractivity contribution in [3.05, 3.63) is 71.9 Å². The van der Waals surface area contributed by atoms with Gasteiger partial charge in [0.1, 0.15) is 12.1 Å². The van der Waals surface area contributed by atoms with E-state index in [-0.39, 0.29) is 12.8 Å². The molecule has 8 N–H and O–H groups in total. The molecule has 0 spiro atoms. The minimum atomic E-state index is -1.49. The minimum absolute atomic E-state index is 0.147. The van der Waals surface area contributed by atoms with Crippen LogP contribution in [0.2, 0.25) is 0 Å². The highest BCUT2D eigenvalue weighted by Gasteiger charge is 2.26. The normalized spacial score (nSPS) is 13.4. The van der Waals surface area contributed by atoms with Crippen LogP contribution in [0.15, 0.2) is 60.8 Å². The predicted octanol–water partition coefficient (Wildman–Crippen LogP) is -0.557. The third-order valence-corrected chi connectivity index (χ3v) is 5.61. The second kappa shape index (κ2) is 12.5. The molecule has 1 heterocycles. The molecule has 2 aromatic carbocycles. The Morgan fingerprint density at radius 1 is 0.889 bits per heavy atom. The molecule has 3 rings (SSSR count). The number of carbonyl (C=O) groups is 4. The number of aliphatic hydroxyl groups is 1. The highest BCUT2D eigenvalue weighted by molar-refractivity contribution is 5.93. The van der Waals surface area contributed by atoms with E-state index in [1.54, 1.807) is 30.5 Å². The van der Waals surface area contributed by atoms with E-state index in [2.05, 4.69) is 20.9 Å². The van der Waals surface area contributed by atoms with Crippen LogP contribution in [0.5, 0.6) is 0 Å². The SMILES string of the molecule is NC(Cc1c[nH]c2ccccc12)C(=O)NC(Cc1ccccc1)C(=O)NCC(=O)NC(CO)C(=O)O. The first kappa shape index (κ1) is 26.4. The van der Waals surface area contributed by atoms with Gasteiger partial charge in [-0.3, -0.25) is 14.4 Å². The largest absolute Gasteiger partial charge is 0.480 e. The van der Waals surface area contributed by atoms with Crippen LogP contribution in [-0.2, 0) is 32.0 Å². The molecule has 11 heteroatoms. The molecule has 0 saturated carbocycles. The number of para-hydroxylation sites is 1. The van der Waals surface area contributed by atoms with Crippen LogP contribution in [0.1, 0.15) is 11.1 Å². The fourth-order valence-corrected chi connectivity index (χ4v) is 3.69. The first-order valence-corrected chi connectivity index (χ1v) is 11.3. The van der Waals surface area contributed by atoms with Gasteiger partial charge in [0.15, 0.2) is 0 Å². The summed E-state index contributed by atoms with van der Waals surface area (Å²) in [6, 6.07) is 13.2. The number of aromatic nitrogens is 1.